The molecule has 1 aliphatic rings. The smallest absolute Gasteiger partial charge is 0.0195 e. The molecule has 2 nitrogen and oxygen atoms in total. The highest BCUT2D eigenvalue weighted by Gasteiger charge is 2.21. The third-order valence-corrected chi connectivity index (χ3v) is 2.24. The normalized spacial score (nSPS) is 28.8. The Kier molecular flexibility index (Phi) is 3.09. The van der Waals surface area contributed by atoms with Gasteiger partial charge in [-0.3, -0.25) is 4.90 Å². The van der Waals surface area contributed by atoms with Crippen LogP contribution in [0.1, 0.15) is 20.3 Å². The molecule has 1 rings (SSSR count). The van der Waals surface area contributed by atoms with Gasteiger partial charge < -0.3 is 5.73 Å². The molecule has 1 heterocycles. The number of likely N-dealkylation sites (tertiary alicyclic amines) is 1. The van der Waals surface area contributed by atoms with Crippen LogP contribution < -0.4 is 5.73 Å². The molecule has 0 aromatic carbocycles. The van der Waals surface area contributed by atoms with Crippen molar-refractivity contribution in [3.8, 4) is 0 Å². The number of nitrogens with zero attached hydrogens (tertiary/aromatic N) is 1. The maximum atomic E-state index is 5.57. The van der Waals surface area contributed by atoms with Gasteiger partial charge in [0.15, 0.2) is 0 Å². The zero-order valence-corrected chi connectivity index (χ0v) is 7.46. The van der Waals surface area contributed by atoms with E-state index in [0.717, 1.165) is 12.6 Å². The van der Waals surface area contributed by atoms with Gasteiger partial charge in [-0.05, 0) is 20.3 Å². The SMILES string of the molecule is CC(N)/C=C/CN1CC[C@H]1C. The van der Waals surface area contributed by atoms with Crippen molar-refractivity contribution in [3.05, 3.63) is 12.2 Å². The number of rotatable bonds is 3. The van der Waals surface area contributed by atoms with Crippen LogP contribution in [0.4, 0.5) is 0 Å². The molecule has 64 valence electrons. The summed E-state index contributed by atoms with van der Waals surface area (Å²) >= 11 is 0. The molecule has 0 spiro atoms. The number of nitrogens with two attached hydrogens (primary N) is 1. The summed E-state index contributed by atoms with van der Waals surface area (Å²) in [7, 11) is 0. The lowest BCUT2D eigenvalue weighted by atomic mass is 10.1. The molecule has 2 heteroatoms. The van der Waals surface area contributed by atoms with Crippen LogP contribution in [0.3, 0.4) is 0 Å². The molecule has 2 N–H and O–H groups in total. The zero-order chi connectivity index (χ0) is 8.27. The predicted octanol–water partition coefficient (Wildman–Crippen LogP) is 0.984. The van der Waals surface area contributed by atoms with Crippen molar-refractivity contribution < 1.29 is 0 Å². The van der Waals surface area contributed by atoms with Gasteiger partial charge in [0.05, 0.1) is 0 Å². The van der Waals surface area contributed by atoms with Crippen molar-refractivity contribution in [2.45, 2.75) is 32.4 Å². The van der Waals surface area contributed by atoms with Crippen LogP contribution in [-0.2, 0) is 0 Å². The third kappa shape index (κ3) is 2.64. The van der Waals surface area contributed by atoms with E-state index < -0.39 is 0 Å². The largest absolute Gasteiger partial charge is 0.325 e. The molecule has 2 atom stereocenters. The zero-order valence-electron chi connectivity index (χ0n) is 7.46. The van der Waals surface area contributed by atoms with Crippen LogP contribution in [-0.4, -0.2) is 30.1 Å². The molecule has 0 saturated carbocycles. The molecule has 1 fully saturated rings. The number of hydrogen-bond acceptors (Lipinski definition) is 2. The van der Waals surface area contributed by atoms with E-state index in [-0.39, 0.29) is 6.04 Å². The van der Waals surface area contributed by atoms with E-state index in [4.69, 9.17) is 5.73 Å². The average molecular weight is 154 g/mol. The molecule has 1 saturated heterocycles. The highest BCUT2D eigenvalue weighted by atomic mass is 15.2. The molecule has 0 radical (unpaired) electrons. The van der Waals surface area contributed by atoms with Crippen LogP contribution in [0.15, 0.2) is 12.2 Å². The summed E-state index contributed by atoms with van der Waals surface area (Å²) in [6, 6.07) is 0.985. The van der Waals surface area contributed by atoms with Gasteiger partial charge in [0.1, 0.15) is 0 Å². The Balaban J connectivity index is 2.12. The van der Waals surface area contributed by atoms with Gasteiger partial charge in [-0.25, -0.2) is 0 Å². The first-order valence-corrected chi connectivity index (χ1v) is 4.36. The Morgan fingerprint density at radius 2 is 2.45 bits per heavy atom. The molecule has 0 aliphatic carbocycles. The molecule has 0 aromatic rings. The summed E-state index contributed by atoms with van der Waals surface area (Å²) in [6.45, 7) is 6.59. The van der Waals surface area contributed by atoms with Crippen molar-refractivity contribution in [1.82, 2.24) is 4.90 Å². The summed E-state index contributed by atoms with van der Waals surface area (Å²) in [5.41, 5.74) is 5.57. The minimum absolute atomic E-state index is 0.201. The maximum absolute atomic E-state index is 5.57. The summed E-state index contributed by atoms with van der Waals surface area (Å²) in [6.07, 6.45) is 5.58. The van der Waals surface area contributed by atoms with Gasteiger partial charge in [0, 0.05) is 25.2 Å². The highest BCUT2D eigenvalue weighted by Crippen LogP contribution is 2.15. The third-order valence-electron chi connectivity index (χ3n) is 2.24. The maximum Gasteiger partial charge on any atom is 0.0195 e. The van der Waals surface area contributed by atoms with Crippen LogP contribution in [0.25, 0.3) is 0 Å². The van der Waals surface area contributed by atoms with Gasteiger partial charge >= 0.3 is 0 Å². The lowest BCUT2D eigenvalue weighted by molar-refractivity contribution is 0.121. The molecular weight excluding hydrogens is 136 g/mol. The second-order valence-electron chi connectivity index (χ2n) is 3.42. The van der Waals surface area contributed by atoms with E-state index in [9.17, 15) is 0 Å². The Labute approximate surface area is 69.1 Å². The standard InChI is InChI=1S/C9H18N2/c1-8(10)4-3-6-11-7-5-9(11)2/h3-4,8-9H,5-7,10H2,1-2H3/b4-3+/t8?,9-/m1/s1. The molecule has 0 aromatic heterocycles. The predicted molar refractivity (Wildman–Crippen MR) is 48.4 cm³/mol. The number of hydrogen-bond donors (Lipinski definition) is 1. The molecule has 1 unspecified atom stereocenters. The van der Waals surface area contributed by atoms with Crippen LogP contribution in [0.5, 0.6) is 0 Å². The average Bonchev–Trinajstić information content (AvgIpc) is 1.94. The van der Waals surface area contributed by atoms with Crippen molar-refractivity contribution in [2.24, 2.45) is 5.73 Å². The summed E-state index contributed by atoms with van der Waals surface area (Å²) in [5, 5.41) is 0. The van der Waals surface area contributed by atoms with E-state index in [0.29, 0.717) is 0 Å². The van der Waals surface area contributed by atoms with E-state index in [1.165, 1.54) is 13.0 Å². The second kappa shape index (κ2) is 3.88. The van der Waals surface area contributed by atoms with Crippen molar-refractivity contribution in [3.63, 3.8) is 0 Å². The lowest BCUT2D eigenvalue weighted by Crippen LogP contribution is -2.45. The van der Waals surface area contributed by atoms with Gasteiger partial charge in [-0.2, -0.15) is 0 Å². The van der Waals surface area contributed by atoms with E-state index in [1.54, 1.807) is 0 Å². The van der Waals surface area contributed by atoms with Crippen LogP contribution in [0, 0.1) is 0 Å². The minimum Gasteiger partial charge on any atom is -0.325 e. The van der Waals surface area contributed by atoms with Gasteiger partial charge in [0.2, 0.25) is 0 Å². The fourth-order valence-corrected chi connectivity index (χ4v) is 1.25. The van der Waals surface area contributed by atoms with Crippen molar-refractivity contribution >= 4 is 0 Å². The van der Waals surface area contributed by atoms with Crippen molar-refractivity contribution in [2.75, 3.05) is 13.1 Å². The topological polar surface area (TPSA) is 29.3 Å². The molecule has 1 aliphatic heterocycles. The monoisotopic (exact) mass is 154 g/mol. The fourth-order valence-electron chi connectivity index (χ4n) is 1.25. The Morgan fingerprint density at radius 3 is 2.82 bits per heavy atom. The van der Waals surface area contributed by atoms with Crippen LogP contribution in [0.2, 0.25) is 0 Å². The van der Waals surface area contributed by atoms with E-state index in [2.05, 4.69) is 24.0 Å². The van der Waals surface area contributed by atoms with Crippen molar-refractivity contribution in [1.29, 1.82) is 0 Å². The Morgan fingerprint density at radius 1 is 1.73 bits per heavy atom. The summed E-state index contributed by atoms with van der Waals surface area (Å²) in [4.78, 5) is 2.44. The molecule has 0 amide bonds. The Hall–Kier alpha value is -0.340. The van der Waals surface area contributed by atoms with E-state index in [1.807, 2.05) is 6.92 Å². The van der Waals surface area contributed by atoms with Gasteiger partial charge in [-0.15, -0.1) is 0 Å². The first-order chi connectivity index (χ1) is 5.20. The Bertz CT molecular complexity index is 140. The highest BCUT2D eigenvalue weighted by molar-refractivity contribution is 4.93. The summed E-state index contributed by atoms with van der Waals surface area (Å²) < 4.78 is 0. The first-order valence-electron chi connectivity index (χ1n) is 4.36. The minimum atomic E-state index is 0.201. The lowest BCUT2D eigenvalue weighted by Gasteiger charge is -2.37. The molecular formula is C9H18N2. The summed E-state index contributed by atoms with van der Waals surface area (Å²) in [5.74, 6) is 0. The van der Waals surface area contributed by atoms with E-state index >= 15 is 0 Å². The second-order valence-corrected chi connectivity index (χ2v) is 3.42. The quantitative estimate of drug-likeness (QED) is 0.614. The van der Waals surface area contributed by atoms with Crippen LogP contribution >= 0.6 is 0 Å². The van der Waals surface area contributed by atoms with Gasteiger partial charge in [-0.1, -0.05) is 12.2 Å². The molecule has 0 bridgehead atoms. The first kappa shape index (κ1) is 8.75. The molecule has 11 heavy (non-hydrogen) atoms. The van der Waals surface area contributed by atoms with Gasteiger partial charge in [0.25, 0.3) is 0 Å². The fraction of sp³-hybridized carbons (Fsp3) is 0.778.